The van der Waals surface area contributed by atoms with E-state index in [1.54, 1.807) is 0 Å². The maximum Gasteiger partial charge on any atom is 0.573 e. The van der Waals surface area contributed by atoms with Gasteiger partial charge in [0.15, 0.2) is 29.4 Å². The molecule has 0 N–H and O–H groups in total. The first-order chi connectivity index (χ1) is 22.1. The first-order valence-corrected chi connectivity index (χ1v) is 17.0. The number of benzene rings is 4. The van der Waals surface area contributed by atoms with Crippen molar-refractivity contribution in [3.63, 3.8) is 0 Å². The van der Waals surface area contributed by atoms with Crippen molar-refractivity contribution in [1.82, 2.24) is 0 Å². The molecule has 0 fully saturated rings. The van der Waals surface area contributed by atoms with Crippen LogP contribution in [0.5, 0.6) is 28.7 Å². The van der Waals surface area contributed by atoms with Gasteiger partial charge < -0.3 is 27.3 Å². The molecule has 0 radical (unpaired) electrons. The second-order valence-corrected chi connectivity index (χ2v) is 12.9. The van der Waals surface area contributed by atoms with E-state index in [-0.39, 0.29) is 64.1 Å². The lowest BCUT2D eigenvalue weighted by atomic mass is 9.96. The molecule has 0 aliphatic heterocycles. The molecule has 4 aromatic carbocycles. The number of alkyl halides is 3. The Balaban J connectivity index is 1.86. The Morgan fingerprint density at radius 3 is 1.94 bits per heavy atom. The van der Waals surface area contributed by atoms with Gasteiger partial charge in [-0.2, -0.15) is 16.8 Å². The average Bonchev–Trinajstić information content (AvgIpc) is 2.98. The van der Waals surface area contributed by atoms with Crippen molar-refractivity contribution < 1.29 is 57.3 Å². The van der Waals surface area contributed by atoms with E-state index >= 15 is 0 Å². The largest absolute Gasteiger partial charge is 0.573 e. The van der Waals surface area contributed by atoms with Gasteiger partial charge in [0.2, 0.25) is 0 Å². The molecule has 0 bridgehead atoms. The zero-order valence-corrected chi connectivity index (χ0v) is 26.9. The zero-order valence-electron chi connectivity index (χ0n) is 25.3. The highest BCUT2D eigenvalue weighted by Crippen LogP contribution is 2.51. The normalized spacial score (nSPS) is 12.1. The lowest BCUT2D eigenvalue weighted by Gasteiger charge is -2.21. The molecule has 0 heterocycles. The SMILES string of the molecule is COc1cc(-c2ccc(N=COC(F)(F)F)cc2)c(OC)c(OS(C)(=O)=O)c1-c1ccc(OCc2ccccc2)c(OS(C)(=O)=O)c1. The third kappa shape index (κ3) is 9.76. The number of methoxy groups -OCH3 is 2. The Labute approximate surface area is 269 Å². The van der Waals surface area contributed by atoms with Gasteiger partial charge >= 0.3 is 26.6 Å². The summed E-state index contributed by atoms with van der Waals surface area (Å²) >= 11 is 0. The minimum atomic E-state index is -4.89. The number of rotatable bonds is 13. The highest BCUT2D eigenvalue weighted by molar-refractivity contribution is 7.86. The van der Waals surface area contributed by atoms with Gasteiger partial charge in [-0.1, -0.05) is 48.5 Å². The molecule has 250 valence electrons. The molecular weight excluding hydrogens is 667 g/mol. The van der Waals surface area contributed by atoms with Crippen molar-refractivity contribution in [3.05, 3.63) is 84.4 Å². The van der Waals surface area contributed by atoms with Crippen molar-refractivity contribution in [1.29, 1.82) is 0 Å². The maximum absolute atomic E-state index is 12.5. The van der Waals surface area contributed by atoms with Gasteiger partial charge in [0, 0.05) is 5.56 Å². The molecule has 0 saturated heterocycles. The third-order valence-corrected chi connectivity index (χ3v) is 7.09. The van der Waals surface area contributed by atoms with Crippen LogP contribution in [0, 0.1) is 0 Å². The molecule has 0 spiro atoms. The van der Waals surface area contributed by atoms with Gasteiger partial charge in [-0.3, -0.25) is 0 Å². The second kappa shape index (κ2) is 14.2. The van der Waals surface area contributed by atoms with Crippen LogP contribution in [0.15, 0.2) is 83.9 Å². The third-order valence-electron chi connectivity index (χ3n) is 6.14. The highest BCUT2D eigenvalue weighted by Gasteiger charge is 2.29. The van der Waals surface area contributed by atoms with Crippen LogP contribution < -0.4 is 22.6 Å². The summed E-state index contributed by atoms with van der Waals surface area (Å²) in [6, 6.07) is 20.7. The molecule has 4 aromatic rings. The summed E-state index contributed by atoms with van der Waals surface area (Å²) in [6.45, 7) is 0.0913. The monoisotopic (exact) mass is 695 g/mol. The van der Waals surface area contributed by atoms with Crippen LogP contribution in [0.1, 0.15) is 5.56 Å². The fourth-order valence-electron chi connectivity index (χ4n) is 4.32. The van der Waals surface area contributed by atoms with Gasteiger partial charge in [0.25, 0.3) is 0 Å². The van der Waals surface area contributed by atoms with Crippen molar-refractivity contribution in [2.24, 2.45) is 4.99 Å². The Kier molecular flexibility index (Phi) is 10.6. The fourth-order valence-corrected chi connectivity index (χ4v) is 5.24. The summed E-state index contributed by atoms with van der Waals surface area (Å²) in [5.74, 6) is -0.379. The van der Waals surface area contributed by atoms with E-state index in [0.29, 0.717) is 5.56 Å². The minimum absolute atomic E-state index is 0.0575. The molecule has 16 heteroatoms. The Bertz CT molecular complexity index is 1970. The number of halogens is 3. The van der Waals surface area contributed by atoms with E-state index in [1.807, 2.05) is 30.3 Å². The molecule has 0 unspecified atom stereocenters. The summed E-state index contributed by atoms with van der Waals surface area (Å²) in [5.41, 5.74) is 1.92. The second-order valence-electron chi connectivity index (χ2n) is 9.72. The summed E-state index contributed by atoms with van der Waals surface area (Å²) in [4.78, 5) is 3.60. The van der Waals surface area contributed by atoms with Gasteiger partial charge in [-0.05, 0) is 47.0 Å². The van der Waals surface area contributed by atoms with Crippen LogP contribution in [0.25, 0.3) is 22.3 Å². The molecule has 47 heavy (non-hydrogen) atoms. The predicted molar refractivity (Wildman–Crippen MR) is 167 cm³/mol. The van der Waals surface area contributed by atoms with E-state index in [9.17, 15) is 30.0 Å². The predicted octanol–water partition coefficient (Wildman–Crippen LogP) is 6.49. The summed E-state index contributed by atoms with van der Waals surface area (Å²) in [7, 11) is -5.64. The topological polar surface area (TPSA) is 136 Å². The van der Waals surface area contributed by atoms with Crippen molar-refractivity contribution in [2.75, 3.05) is 26.7 Å². The summed E-state index contributed by atoms with van der Waals surface area (Å²) in [5, 5.41) is 0. The Hall–Kier alpha value is -4.96. The number of nitrogens with zero attached hydrogens (tertiary/aromatic N) is 1. The molecular formula is C31H28F3NO10S2. The van der Waals surface area contributed by atoms with Crippen molar-refractivity contribution >= 4 is 32.3 Å². The average molecular weight is 696 g/mol. The molecule has 0 aliphatic rings. The molecule has 0 amide bonds. The van der Waals surface area contributed by atoms with Crippen LogP contribution in [-0.4, -0.2) is 56.3 Å². The van der Waals surface area contributed by atoms with Crippen LogP contribution in [0.3, 0.4) is 0 Å². The quantitative estimate of drug-likeness (QED) is 0.0868. The van der Waals surface area contributed by atoms with Gasteiger partial charge in [-0.25, -0.2) is 4.99 Å². The molecule has 0 saturated carbocycles. The minimum Gasteiger partial charge on any atom is -0.496 e. The van der Waals surface area contributed by atoms with E-state index < -0.39 is 26.6 Å². The first-order valence-electron chi connectivity index (χ1n) is 13.3. The van der Waals surface area contributed by atoms with E-state index in [0.717, 1.165) is 18.1 Å². The highest BCUT2D eigenvalue weighted by atomic mass is 32.2. The Morgan fingerprint density at radius 2 is 1.36 bits per heavy atom. The zero-order chi connectivity index (χ0) is 34.4. The van der Waals surface area contributed by atoms with E-state index in [2.05, 4.69) is 9.73 Å². The molecule has 11 nitrogen and oxygen atoms in total. The van der Waals surface area contributed by atoms with Crippen LogP contribution in [0.4, 0.5) is 18.9 Å². The number of hydrogen-bond acceptors (Lipinski definition) is 11. The fraction of sp³-hybridized carbons (Fsp3) is 0.194. The van der Waals surface area contributed by atoms with Crippen LogP contribution in [0.2, 0.25) is 0 Å². The molecule has 0 atom stereocenters. The molecule has 0 aliphatic carbocycles. The van der Waals surface area contributed by atoms with Crippen LogP contribution in [-0.2, 0) is 31.6 Å². The smallest absolute Gasteiger partial charge is 0.496 e. The van der Waals surface area contributed by atoms with Crippen molar-refractivity contribution in [3.8, 4) is 51.0 Å². The standard InChI is InChI=1S/C31H28F3NO10S2/c1-40-27-17-24(21-10-13-23(14-11-21)35-19-43-31(32,33)34)29(41-2)30(45-47(4,38)39)28(27)22-12-15-25(26(16-22)44-46(3,36)37)42-18-20-8-6-5-7-9-20/h5-17,19H,18H2,1-4H3. The summed E-state index contributed by atoms with van der Waals surface area (Å²) < 4.78 is 118. The number of aliphatic imine (C=N–C) groups is 1. The molecule has 4 rings (SSSR count). The van der Waals surface area contributed by atoms with Gasteiger partial charge in [0.1, 0.15) is 12.4 Å². The summed E-state index contributed by atoms with van der Waals surface area (Å²) in [6.07, 6.45) is -2.95. The lowest BCUT2D eigenvalue weighted by Crippen LogP contribution is -2.11. The number of ether oxygens (including phenoxy) is 4. The number of hydrogen-bond donors (Lipinski definition) is 0. The molecule has 0 aromatic heterocycles. The van der Waals surface area contributed by atoms with Gasteiger partial charge in [-0.15, -0.1) is 13.2 Å². The Morgan fingerprint density at radius 1 is 0.723 bits per heavy atom. The van der Waals surface area contributed by atoms with E-state index in [4.69, 9.17) is 22.6 Å². The van der Waals surface area contributed by atoms with Gasteiger partial charge in [0.05, 0.1) is 38.0 Å². The van der Waals surface area contributed by atoms with Crippen molar-refractivity contribution in [2.45, 2.75) is 13.0 Å². The first kappa shape index (κ1) is 34.9. The van der Waals surface area contributed by atoms with Crippen LogP contribution >= 0.6 is 0 Å². The lowest BCUT2D eigenvalue weighted by molar-refractivity contribution is -0.280. The maximum atomic E-state index is 12.5. The van der Waals surface area contributed by atoms with E-state index in [1.165, 1.54) is 62.8 Å².